The molecule has 5 nitrogen and oxygen atoms in total. The molecule has 0 aliphatic rings. The minimum Gasteiger partial charge on any atom is -0.377 e. The molecule has 0 radical (unpaired) electrons. The van der Waals surface area contributed by atoms with Crippen molar-refractivity contribution < 1.29 is 9.13 Å². The zero-order chi connectivity index (χ0) is 14.5. The maximum absolute atomic E-state index is 13.2. The standard InChI is InChI=1S/C13H14BrFN4O/c1-16-11-6-12(19-13(18-11)7-20-2)17-8-3-4-10(15)9(14)5-8/h3-6H,7H2,1-2H3,(H2,16,17,18,19). The van der Waals surface area contributed by atoms with Crippen LogP contribution < -0.4 is 10.6 Å². The summed E-state index contributed by atoms with van der Waals surface area (Å²) >= 11 is 3.15. The van der Waals surface area contributed by atoms with Gasteiger partial charge in [-0.15, -0.1) is 0 Å². The molecule has 2 rings (SSSR count). The number of anilines is 3. The van der Waals surface area contributed by atoms with Gasteiger partial charge >= 0.3 is 0 Å². The lowest BCUT2D eigenvalue weighted by molar-refractivity contribution is 0.178. The van der Waals surface area contributed by atoms with Crippen molar-refractivity contribution in [1.29, 1.82) is 0 Å². The number of halogens is 2. The van der Waals surface area contributed by atoms with Gasteiger partial charge in [0, 0.05) is 25.9 Å². The van der Waals surface area contributed by atoms with E-state index in [4.69, 9.17) is 4.74 Å². The highest BCUT2D eigenvalue weighted by Crippen LogP contribution is 2.23. The Hall–Kier alpha value is -1.73. The van der Waals surface area contributed by atoms with Crippen LogP contribution in [0.2, 0.25) is 0 Å². The molecule has 1 aromatic carbocycles. The van der Waals surface area contributed by atoms with E-state index in [9.17, 15) is 4.39 Å². The fourth-order valence-corrected chi connectivity index (χ4v) is 1.98. The number of benzene rings is 1. The molecule has 1 heterocycles. The van der Waals surface area contributed by atoms with Gasteiger partial charge in [0.1, 0.15) is 24.1 Å². The summed E-state index contributed by atoms with van der Waals surface area (Å²) in [7, 11) is 3.36. The second kappa shape index (κ2) is 6.62. The number of hydrogen-bond donors (Lipinski definition) is 2. The largest absolute Gasteiger partial charge is 0.377 e. The fraction of sp³-hybridized carbons (Fsp3) is 0.231. The first-order valence-electron chi connectivity index (χ1n) is 5.89. The molecule has 0 atom stereocenters. The monoisotopic (exact) mass is 340 g/mol. The summed E-state index contributed by atoms with van der Waals surface area (Å²) in [6.07, 6.45) is 0. The smallest absolute Gasteiger partial charge is 0.158 e. The lowest BCUT2D eigenvalue weighted by atomic mass is 10.3. The zero-order valence-corrected chi connectivity index (χ0v) is 12.7. The Morgan fingerprint density at radius 2 is 2.00 bits per heavy atom. The van der Waals surface area contributed by atoms with Gasteiger partial charge in [-0.05, 0) is 34.1 Å². The van der Waals surface area contributed by atoms with Gasteiger partial charge in [0.05, 0.1) is 4.47 Å². The van der Waals surface area contributed by atoms with Crippen LogP contribution in [0, 0.1) is 5.82 Å². The Kier molecular flexibility index (Phi) is 4.86. The summed E-state index contributed by atoms with van der Waals surface area (Å²) in [5.74, 6) is 1.53. The topological polar surface area (TPSA) is 59.1 Å². The number of nitrogens with one attached hydrogen (secondary N) is 2. The van der Waals surface area contributed by atoms with Crippen LogP contribution in [0.25, 0.3) is 0 Å². The SMILES string of the molecule is CNc1cc(Nc2ccc(F)c(Br)c2)nc(COC)n1. The predicted octanol–water partition coefficient (Wildman–Crippen LogP) is 3.31. The Labute approximate surface area is 124 Å². The van der Waals surface area contributed by atoms with Crippen LogP contribution in [0.4, 0.5) is 21.7 Å². The van der Waals surface area contributed by atoms with Crippen molar-refractivity contribution in [3.8, 4) is 0 Å². The van der Waals surface area contributed by atoms with Gasteiger partial charge in [-0.2, -0.15) is 0 Å². The summed E-state index contributed by atoms with van der Waals surface area (Å²) in [4.78, 5) is 8.58. The Morgan fingerprint density at radius 1 is 1.25 bits per heavy atom. The predicted molar refractivity (Wildman–Crippen MR) is 79.7 cm³/mol. The Bertz CT molecular complexity index is 609. The number of rotatable bonds is 5. The highest BCUT2D eigenvalue weighted by atomic mass is 79.9. The van der Waals surface area contributed by atoms with Gasteiger partial charge in [-0.1, -0.05) is 0 Å². The average Bonchev–Trinajstić information content (AvgIpc) is 2.43. The van der Waals surface area contributed by atoms with Gasteiger partial charge in [-0.3, -0.25) is 0 Å². The summed E-state index contributed by atoms with van der Waals surface area (Å²) in [5.41, 5.74) is 0.724. The third-order valence-electron chi connectivity index (χ3n) is 2.49. The molecule has 7 heteroatoms. The summed E-state index contributed by atoms with van der Waals surface area (Å²) < 4.78 is 18.6. The van der Waals surface area contributed by atoms with E-state index >= 15 is 0 Å². The number of ether oxygens (including phenoxy) is 1. The van der Waals surface area contributed by atoms with Crippen LogP contribution in [0.5, 0.6) is 0 Å². The second-order valence-corrected chi connectivity index (χ2v) is 4.85. The van der Waals surface area contributed by atoms with Gasteiger partial charge in [0.2, 0.25) is 0 Å². The number of aromatic nitrogens is 2. The first kappa shape index (κ1) is 14.7. The molecular weight excluding hydrogens is 327 g/mol. The second-order valence-electron chi connectivity index (χ2n) is 3.99. The molecule has 0 aliphatic heterocycles. The Balaban J connectivity index is 2.27. The first-order chi connectivity index (χ1) is 9.62. The van der Waals surface area contributed by atoms with E-state index in [2.05, 4.69) is 36.5 Å². The van der Waals surface area contributed by atoms with Crippen LogP contribution in [0.3, 0.4) is 0 Å². The molecule has 2 aromatic rings. The quantitative estimate of drug-likeness (QED) is 0.874. The fourth-order valence-electron chi connectivity index (χ4n) is 1.60. The van der Waals surface area contributed by atoms with Crippen LogP contribution in [0.15, 0.2) is 28.7 Å². The highest BCUT2D eigenvalue weighted by molar-refractivity contribution is 9.10. The van der Waals surface area contributed by atoms with Gasteiger partial charge < -0.3 is 15.4 Å². The average molecular weight is 341 g/mol. The molecule has 0 bridgehead atoms. The van der Waals surface area contributed by atoms with Crippen LogP contribution in [-0.2, 0) is 11.3 Å². The minimum atomic E-state index is -0.311. The molecular formula is C13H14BrFN4O. The lowest BCUT2D eigenvalue weighted by Crippen LogP contribution is -2.04. The van der Waals surface area contributed by atoms with Crippen molar-refractivity contribution in [3.63, 3.8) is 0 Å². The number of nitrogens with zero attached hydrogens (tertiary/aromatic N) is 2. The van der Waals surface area contributed by atoms with E-state index in [1.807, 2.05) is 0 Å². The van der Waals surface area contributed by atoms with Crippen molar-refractivity contribution in [2.45, 2.75) is 6.61 Å². The summed E-state index contributed by atoms with van der Waals surface area (Å²) in [5, 5.41) is 6.06. The van der Waals surface area contributed by atoms with Crippen molar-refractivity contribution in [2.75, 3.05) is 24.8 Å². The minimum absolute atomic E-state index is 0.311. The molecule has 2 N–H and O–H groups in total. The lowest BCUT2D eigenvalue weighted by Gasteiger charge is -2.10. The van der Waals surface area contributed by atoms with Crippen molar-refractivity contribution in [1.82, 2.24) is 9.97 Å². The van der Waals surface area contributed by atoms with Gasteiger partial charge in [-0.25, -0.2) is 14.4 Å². The van der Waals surface area contributed by atoms with E-state index in [-0.39, 0.29) is 5.82 Å². The van der Waals surface area contributed by atoms with Crippen molar-refractivity contribution in [2.24, 2.45) is 0 Å². The molecule has 106 valence electrons. The maximum atomic E-state index is 13.2. The van der Waals surface area contributed by atoms with Crippen LogP contribution in [0.1, 0.15) is 5.82 Å². The number of hydrogen-bond acceptors (Lipinski definition) is 5. The zero-order valence-electron chi connectivity index (χ0n) is 11.1. The molecule has 1 aromatic heterocycles. The summed E-state index contributed by atoms with van der Waals surface area (Å²) in [6, 6.07) is 6.42. The van der Waals surface area contributed by atoms with Crippen molar-refractivity contribution in [3.05, 3.63) is 40.4 Å². The molecule has 0 fully saturated rings. The normalized spacial score (nSPS) is 10.4. The van der Waals surface area contributed by atoms with Crippen LogP contribution >= 0.6 is 15.9 Å². The number of methoxy groups -OCH3 is 1. The third-order valence-corrected chi connectivity index (χ3v) is 3.10. The molecule has 0 saturated carbocycles. The Morgan fingerprint density at radius 3 is 2.65 bits per heavy atom. The molecule has 20 heavy (non-hydrogen) atoms. The summed E-state index contributed by atoms with van der Waals surface area (Å²) in [6.45, 7) is 0.317. The van der Waals surface area contributed by atoms with E-state index < -0.39 is 0 Å². The maximum Gasteiger partial charge on any atom is 0.158 e. The molecule has 0 saturated heterocycles. The third kappa shape index (κ3) is 3.64. The first-order valence-corrected chi connectivity index (χ1v) is 6.68. The van der Waals surface area contributed by atoms with Crippen LogP contribution in [-0.4, -0.2) is 24.1 Å². The van der Waals surface area contributed by atoms with E-state index in [0.717, 1.165) is 5.69 Å². The van der Waals surface area contributed by atoms with E-state index in [1.54, 1.807) is 32.4 Å². The van der Waals surface area contributed by atoms with E-state index in [0.29, 0.717) is 28.5 Å². The molecule has 0 spiro atoms. The van der Waals surface area contributed by atoms with E-state index in [1.165, 1.54) is 6.07 Å². The molecule has 0 aliphatic carbocycles. The molecule has 0 unspecified atom stereocenters. The van der Waals surface area contributed by atoms with Gasteiger partial charge in [0.15, 0.2) is 5.82 Å². The highest BCUT2D eigenvalue weighted by Gasteiger charge is 2.06. The molecule has 0 amide bonds. The van der Waals surface area contributed by atoms with Crippen molar-refractivity contribution >= 4 is 33.3 Å². The van der Waals surface area contributed by atoms with Gasteiger partial charge in [0.25, 0.3) is 0 Å².